The van der Waals surface area contributed by atoms with Crippen molar-refractivity contribution in [3.63, 3.8) is 0 Å². The molecule has 19 heavy (non-hydrogen) atoms. The van der Waals surface area contributed by atoms with Crippen LogP contribution in [0.3, 0.4) is 0 Å². The third-order valence-corrected chi connectivity index (χ3v) is 3.06. The summed E-state index contributed by atoms with van der Waals surface area (Å²) in [5.41, 5.74) is 2.07. The number of hydrogen-bond donors (Lipinski definition) is 3. The first-order valence-corrected chi connectivity index (χ1v) is 6.62. The Kier molecular flexibility index (Phi) is 4.10. The van der Waals surface area contributed by atoms with Gasteiger partial charge >= 0.3 is 0 Å². The number of aromatic hydroxyl groups is 1. The van der Waals surface area contributed by atoms with Crippen molar-refractivity contribution in [3.05, 3.63) is 30.0 Å². The summed E-state index contributed by atoms with van der Waals surface area (Å²) in [5.74, 6) is 0.745. The van der Waals surface area contributed by atoms with E-state index in [1.54, 1.807) is 12.1 Å². The highest BCUT2D eigenvalue weighted by molar-refractivity contribution is 5.84. The fourth-order valence-electron chi connectivity index (χ4n) is 2.16. The Morgan fingerprint density at radius 3 is 2.95 bits per heavy atom. The minimum absolute atomic E-state index is 0.104. The molecule has 4 heteroatoms. The zero-order valence-corrected chi connectivity index (χ0v) is 11.4. The monoisotopic (exact) mass is 260 g/mol. The minimum atomic E-state index is 0.104. The molecule has 0 aliphatic rings. The molecule has 0 saturated heterocycles. The Morgan fingerprint density at radius 1 is 1.42 bits per heavy atom. The van der Waals surface area contributed by atoms with Crippen molar-refractivity contribution >= 4 is 16.8 Å². The quantitative estimate of drug-likeness (QED) is 0.773. The third kappa shape index (κ3) is 3.50. The van der Waals surface area contributed by atoms with E-state index < -0.39 is 0 Å². The van der Waals surface area contributed by atoms with Gasteiger partial charge in [-0.2, -0.15) is 0 Å². The topological polar surface area (TPSA) is 65.1 Å². The van der Waals surface area contributed by atoms with Crippen LogP contribution in [0.4, 0.5) is 0 Å². The van der Waals surface area contributed by atoms with Gasteiger partial charge in [0.05, 0.1) is 0 Å². The van der Waals surface area contributed by atoms with Gasteiger partial charge in [0.1, 0.15) is 5.75 Å². The Bertz CT molecular complexity index is 573. The number of hydrogen-bond acceptors (Lipinski definition) is 2. The molecular weight excluding hydrogens is 240 g/mol. The van der Waals surface area contributed by atoms with Gasteiger partial charge in [-0.15, -0.1) is 0 Å². The summed E-state index contributed by atoms with van der Waals surface area (Å²) in [5, 5.41) is 13.4. The summed E-state index contributed by atoms with van der Waals surface area (Å²) < 4.78 is 0. The van der Waals surface area contributed by atoms with E-state index >= 15 is 0 Å². The highest BCUT2D eigenvalue weighted by atomic mass is 16.3. The number of nitrogens with one attached hydrogen (secondary N) is 2. The van der Waals surface area contributed by atoms with Gasteiger partial charge in [0.25, 0.3) is 0 Å². The minimum Gasteiger partial charge on any atom is -0.508 e. The Hall–Kier alpha value is -1.97. The summed E-state index contributed by atoms with van der Waals surface area (Å²) in [6, 6.07) is 5.28. The summed E-state index contributed by atoms with van der Waals surface area (Å²) in [6.45, 7) is 4.71. The fraction of sp³-hybridized carbons (Fsp3) is 0.400. The number of fused-ring (bicyclic) bond motifs is 1. The number of carbonyl (C=O) groups is 1. The first-order valence-electron chi connectivity index (χ1n) is 6.62. The highest BCUT2D eigenvalue weighted by Gasteiger charge is 2.06. The predicted octanol–water partition coefficient (Wildman–Crippen LogP) is 2.58. The van der Waals surface area contributed by atoms with Crippen LogP contribution in [-0.2, 0) is 11.2 Å². The number of aromatic nitrogens is 1. The lowest BCUT2D eigenvalue weighted by Crippen LogP contribution is -2.26. The van der Waals surface area contributed by atoms with Crippen molar-refractivity contribution in [2.45, 2.75) is 26.7 Å². The maximum Gasteiger partial charge on any atom is 0.220 e. The Morgan fingerprint density at radius 2 is 2.21 bits per heavy atom. The average Bonchev–Trinajstić information content (AvgIpc) is 2.70. The van der Waals surface area contributed by atoms with E-state index in [-0.39, 0.29) is 11.7 Å². The van der Waals surface area contributed by atoms with Gasteiger partial charge in [-0.3, -0.25) is 4.79 Å². The lowest BCUT2D eigenvalue weighted by molar-refractivity contribution is -0.121. The van der Waals surface area contributed by atoms with Crippen LogP contribution in [0.5, 0.6) is 5.75 Å². The molecule has 0 fully saturated rings. The zero-order valence-electron chi connectivity index (χ0n) is 11.4. The molecule has 1 aromatic carbocycles. The maximum absolute atomic E-state index is 11.5. The van der Waals surface area contributed by atoms with E-state index in [9.17, 15) is 9.90 Å². The molecule has 4 nitrogen and oxygen atoms in total. The van der Waals surface area contributed by atoms with Crippen LogP contribution in [0, 0.1) is 5.92 Å². The number of benzene rings is 1. The van der Waals surface area contributed by atoms with E-state index in [0.717, 1.165) is 22.9 Å². The summed E-state index contributed by atoms with van der Waals surface area (Å²) in [7, 11) is 0. The second kappa shape index (κ2) is 5.78. The smallest absolute Gasteiger partial charge is 0.220 e. The van der Waals surface area contributed by atoms with Gasteiger partial charge in [0.15, 0.2) is 0 Å². The van der Waals surface area contributed by atoms with Crippen LogP contribution in [0.25, 0.3) is 10.9 Å². The molecule has 1 heterocycles. The molecule has 0 unspecified atom stereocenters. The zero-order chi connectivity index (χ0) is 13.8. The second-order valence-corrected chi connectivity index (χ2v) is 5.24. The molecule has 0 saturated carbocycles. The second-order valence-electron chi connectivity index (χ2n) is 5.24. The molecular formula is C15H20N2O2. The van der Waals surface area contributed by atoms with Gasteiger partial charge in [0, 0.05) is 36.1 Å². The van der Waals surface area contributed by atoms with Gasteiger partial charge < -0.3 is 15.4 Å². The van der Waals surface area contributed by atoms with Crippen LogP contribution >= 0.6 is 0 Å². The average molecular weight is 260 g/mol. The molecule has 0 radical (unpaired) electrons. The number of rotatable bonds is 5. The largest absolute Gasteiger partial charge is 0.508 e. The molecule has 0 spiro atoms. The van der Waals surface area contributed by atoms with Crippen LogP contribution in [0.2, 0.25) is 0 Å². The van der Waals surface area contributed by atoms with Crippen LogP contribution < -0.4 is 5.32 Å². The van der Waals surface area contributed by atoms with E-state index in [4.69, 9.17) is 0 Å². The summed E-state index contributed by atoms with van der Waals surface area (Å²) >= 11 is 0. The molecule has 0 aliphatic carbocycles. The number of aromatic amines is 1. The molecule has 1 amide bonds. The normalized spacial score (nSPS) is 11.1. The summed E-state index contributed by atoms with van der Waals surface area (Å²) in [4.78, 5) is 14.7. The molecule has 0 bridgehead atoms. The molecule has 2 aromatic rings. The number of H-pyrrole nitrogens is 1. The van der Waals surface area contributed by atoms with Gasteiger partial charge in [-0.25, -0.2) is 0 Å². The number of carbonyl (C=O) groups excluding carboxylic acids is 1. The summed E-state index contributed by atoms with van der Waals surface area (Å²) in [6.07, 6.45) is 3.29. The van der Waals surface area contributed by atoms with Crippen LogP contribution in [-0.4, -0.2) is 22.5 Å². The first kappa shape index (κ1) is 13.5. The Labute approximate surface area is 112 Å². The van der Waals surface area contributed by atoms with Crippen molar-refractivity contribution in [3.8, 4) is 5.75 Å². The first-order chi connectivity index (χ1) is 9.06. The van der Waals surface area contributed by atoms with E-state index in [0.29, 0.717) is 18.9 Å². The number of amides is 1. The lowest BCUT2D eigenvalue weighted by Gasteiger charge is -2.06. The fourth-order valence-corrected chi connectivity index (χ4v) is 2.16. The molecule has 2 rings (SSSR count). The highest BCUT2D eigenvalue weighted by Crippen LogP contribution is 2.22. The Balaban J connectivity index is 1.93. The van der Waals surface area contributed by atoms with Crippen molar-refractivity contribution < 1.29 is 9.90 Å². The maximum atomic E-state index is 11.5. The van der Waals surface area contributed by atoms with Crippen molar-refractivity contribution in [2.75, 3.05) is 6.54 Å². The molecule has 0 aliphatic heterocycles. The molecule has 3 N–H and O–H groups in total. The van der Waals surface area contributed by atoms with Gasteiger partial charge in [-0.05, 0) is 30.0 Å². The molecule has 102 valence electrons. The van der Waals surface area contributed by atoms with Crippen LogP contribution in [0.1, 0.15) is 25.8 Å². The molecule has 0 atom stereocenters. The third-order valence-electron chi connectivity index (χ3n) is 3.06. The van der Waals surface area contributed by atoms with E-state index in [1.165, 1.54) is 0 Å². The molecule has 1 aromatic heterocycles. The lowest BCUT2D eigenvalue weighted by atomic mass is 10.1. The van der Waals surface area contributed by atoms with Crippen LogP contribution in [0.15, 0.2) is 24.4 Å². The van der Waals surface area contributed by atoms with Crippen molar-refractivity contribution in [1.82, 2.24) is 10.3 Å². The van der Waals surface area contributed by atoms with Gasteiger partial charge in [0.2, 0.25) is 5.91 Å². The van der Waals surface area contributed by atoms with Crippen molar-refractivity contribution in [2.24, 2.45) is 5.92 Å². The standard InChI is InChI=1S/C15H20N2O2/c1-10(2)7-15(19)16-6-5-11-9-17-14-8-12(18)3-4-13(11)14/h3-4,8-10,17-18H,5-7H2,1-2H3,(H,16,19). The van der Waals surface area contributed by atoms with Gasteiger partial charge in [-0.1, -0.05) is 13.8 Å². The predicted molar refractivity (Wildman–Crippen MR) is 76.1 cm³/mol. The van der Waals surface area contributed by atoms with E-state index in [2.05, 4.69) is 10.3 Å². The SMILES string of the molecule is CC(C)CC(=O)NCCc1c[nH]c2cc(O)ccc12. The number of phenolic OH excluding ortho intramolecular Hbond substituents is 1. The number of phenols is 1. The van der Waals surface area contributed by atoms with E-state index in [1.807, 2.05) is 26.1 Å². The van der Waals surface area contributed by atoms with Crippen molar-refractivity contribution in [1.29, 1.82) is 0 Å².